The van der Waals surface area contributed by atoms with Crippen LogP contribution in [0.5, 0.6) is 0 Å². The minimum absolute atomic E-state index is 0.140. The number of hydrogen-bond acceptors (Lipinski definition) is 4. The maximum Gasteiger partial charge on any atom is 0.292 e. The van der Waals surface area contributed by atoms with Gasteiger partial charge >= 0.3 is 0 Å². The van der Waals surface area contributed by atoms with Crippen LogP contribution in [0.1, 0.15) is 12.6 Å². The van der Waals surface area contributed by atoms with Crippen molar-refractivity contribution in [3.8, 4) is 5.69 Å². The third-order valence-corrected chi connectivity index (χ3v) is 3.57. The number of carbonyl (C=O) groups excluding carboxylic acids is 1. The summed E-state index contributed by atoms with van der Waals surface area (Å²) in [4.78, 5) is 23.2. The highest BCUT2D eigenvalue weighted by Crippen LogP contribution is 2.21. The maximum absolute atomic E-state index is 12.2. The van der Waals surface area contributed by atoms with Crippen molar-refractivity contribution in [2.24, 2.45) is 10.2 Å². The zero-order valence-electron chi connectivity index (χ0n) is 13.9. The van der Waals surface area contributed by atoms with Gasteiger partial charge in [-0.1, -0.05) is 18.2 Å². The molecule has 2 N–H and O–H groups in total. The molecule has 25 heavy (non-hydrogen) atoms. The van der Waals surface area contributed by atoms with Crippen molar-refractivity contribution < 1.29 is 4.79 Å². The average Bonchev–Trinajstić information content (AvgIpc) is 2.89. The number of rotatable bonds is 4. The number of azo groups is 1. The molecule has 0 fully saturated rings. The van der Waals surface area contributed by atoms with E-state index >= 15 is 0 Å². The molecular weight excluding hydrogens is 318 g/mol. The number of anilines is 1. The summed E-state index contributed by atoms with van der Waals surface area (Å²) in [5.74, 6) is -0.140. The van der Waals surface area contributed by atoms with Crippen LogP contribution in [0.25, 0.3) is 5.69 Å². The Morgan fingerprint density at radius 2 is 1.72 bits per heavy atom. The fourth-order valence-electron chi connectivity index (χ4n) is 2.38. The molecule has 1 aromatic heterocycles. The number of nitrogens with one attached hydrogen (secondary N) is 2. The molecule has 3 aromatic rings. The lowest BCUT2D eigenvalue weighted by atomic mass is 10.3. The van der Waals surface area contributed by atoms with Gasteiger partial charge in [-0.2, -0.15) is 5.11 Å². The quantitative estimate of drug-likeness (QED) is 0.709. The molecule has 0 aliphatic carbocycles. The lowest BCUT2D eigenvalue weighted by Crippen LogP contribution is -2.04. The van der Waals surface area contributed by atoms with Gasteiger partial charge in [0.05, 0.1) is 17.1 Å². The van der Waals surface area contributed by atoms with Crippen LogP contribution in [0.3, 0.4) is 0 Å². The van der Waals surface area contributed by atoms with Gasteiger partial charge in [0.15, 0.2) is 5.69 Å². The SMILES string of the molecule is CC(=O)Nc1ccc(N=Nc2c(C)n(-c3ccccc3)[nH]c2=O)cc1. The zero-order chi connectivity index (χ0) is 17.8. The van der Waals surface area contributed by atoms with Crippen LogP contribution >= 0.6 is 0 Å². The Morgan fingerprint density at radius 1 is 1.04 bits per heavy atom. The molecule has 0 spiro atoms. The predicted molar refractivity (Wildman–Crippen MR) is 96.0 cm³/mol. The normalized spacial score (nSPS) is 11.0. The number of para-hydroxylation sites is 1. The van der Waals surface area contributed by atoms with Gasteiger partial charge in [0, 0.05) is 12.6 Å². The minimum atomic E-state index is -0.306. The van der Waals surface area contributed by atoms with Crippen molar-refractivity contribution in [3.63, 3.8) is 0 Å². The van der Waals surface area contributed by atoms with Gasteiger partial charge in [0.2, 0.25) is 5.91 Å². The van der Waals surface area contributed by atoms with Crippen molar-refractivity contribution in [2.45, 2.75) is 13.8 Å². The number of amides is 1. The smallest absolute Gasteiger partial charge is 0.292 e. The molecule has 7 nitrogen and oxygen atoms in total. The molecule has 0 aliphatic heterocycles. The highest BCUT2D eigenvalue weighted by Gasteiger charge is 2.11. The number of aromatic nitrogens is 2. The summed E-state index contributed by atoms with van der Waals surface area (Å²) in [5, 5.41) is 13.6. The molecule has 1 amide bonds. The van der Waals surface area contributed by atoms with Crippen LogP contribution in [0.2, 0.25) is 0 Å². The number of carbonyl (C=O) groups is 1. The van der Waals surface area contributed by atoms with E-state index in [1.165, 1.54) is 6.92 Å². The van der Waals surface area contributed by atoms with Gasteiger partial charge in [0.25, 0.3) is 5.56 Å². The Morgan fingerprint density at radius 3 is 2.36 bits per heavy atom. The third kappa shape index (κ3) is 3.72. The first-order valence-corrected chi connectivity index (χ1v) is 7.71. The van der Waals surface area contributed by atoms with Crippen molar-refractivity contribution in [1.29, 1.82) is 0 Å². The van der Waals surface area contributed by atoms with E-state index in [9.17, 15) is 9.59 Å². The first-order valence-electron chi connectivity index (χ1n) is 7.71. The molecule has 0 radical (unpaired) electrons. The van der Waals surface area contributed by atoms with Crippen molar-refractivity contribution in [3.05, 3.63) is 70.6 Å². The van der Waals surface area contributed by atoms with E-state index in [0.717, 1.165) is 5.69 Å². The van der Waals surface area contributed by atoms with Gasteiger partial charge < -0.3 is 5.32 Å². The molecule has 0 unspecified atom stereocenters. The second kappa shape index (κ2) is 6.96. The zero-order valence-corrected chi connectivity index (χ0v) is 13.9. The molecule has 2 aromatic carbocycles. The largest absolute Gasteiger partial charge is 0.326 e. The van der Waals surface area contributed by atoms with Crippen molar-refractivity contribution >= 4 is 23.0 Å². The van der Waals surface area contributed by atoms with Gasteiger partial charge in [-0.25, -0.2) is 0 Å². The molecule has 126 valence electrons. The average molecular weight is 335 g/mol. The first-order chi connectivity index (χ1) is 12.0. The molecule has 7 heteroatoms. The first kappa shape index (κ1) is 16.4. The van der Waals surface area contributed by atoms with Gasteiger partial charge in [-0.05, 0) is 43.3 Å². The second-order valence-electron chi connectivity index (χ2n) is 5.47. The number of H-pyrrole nitrogens is 1. The van der Waals surface area contributed by atoms with Crippen LogP contribution in [-0.2, 0) is 4.79 Å². The van der Waals surface area contributed by atoms with E-state index in [2.05, 4.69) is 20.6 Å². The fraction of sp³-hybridized carbons (Fsp3) is 0.111. The standard InChI is InChI=1S/C18H17N5O2/c1-12-17(18(25)22-23(12)16-6-4-3-5-7-16)21-20-15-10-8-14(9-11-15)19-13(2)24/h3-11H,1-2H3,(H,19,24)(H,22,25). The van der Waals surface area contributed by atoms with Crippen LogP contribution < -0.4 is 10.9 Å². The molecule has 0 aliphatic rings. The number of aromatic amines is 1. The molecule has 1 heterocycles. The van der Waals surface area contributed by atoms with E-state index in [-0.39, 0.29) is 17.2 Å². The highest BCUT2D eigenvalue weighted by molar-refractivity contribution is 5.88. The molecular formula is C18H17N5O2. The minimum Gasteiger partial charge on any atom is -0.326 e. The van der Waals surface area contributed by atoms with Crippen LogP contribution in [0, 0.1) is 6.92 Å². The summed E-state index contributed by atoms with van der Waals surface area (Å²) >= 11 is 0. The van der Waals surface area contributed by atoms with Gasteiger partial charge in [-0.3, -0.25) is 19.4 Å². The van der Waals surface area contributed by atoms with Gasteiger partial charge in [0.1, 0.15) is 0 Å². The van der Waals surface area contributed by atoms with Crippen LogP contribution in [0.15, 0.2) is 69.6 Å². The number of hydrogen-bond donors (Lipinski definition) is 2. The van der Waals surface area contributed by atoms with E-state index in [0.29, 0.717) is 17.1 Å². The third-order valence-electron chi connectivity index (χ3n) is 3.57. The van der Waals surface area contributed by atoms with E-state index in [1.54, 1.807) is 35.9 Å². The Kier molecular flexibility index (Phi) is 4.56. The molecule has 0 bridgehead atoms. The van der Waals surface area contributed by atoms with Crippen molar-refractivity contribution in [2.75, 3.05) is 5.32 Å². The highest BCUT2D eigenvalue weighted by atomic mass is 16.1. The summed E-state index contributed by atoms with van der Waals surface area (Å²) in [6.45, 7) is 3.25. The topological polar surface area (TPSA) is 91.6 Å². The maximum atomic E-state index is 12.2. The number of benzene rings is 2. The lowest BCUT2D eigenvalue weighted by Gasteiger charge is -2.04. The van der Waals surface area contributed by atoms with Gasteiger partial charge in [-0.15, -0.1) is 5.11 Å². The summed E-state index contributed by atoms with van der Waals surface area (Å²) in [6.07, 6.45) is 0. The van der Waals surface area contributed by atoms with E-state index < -0.39 is 0 Å². The fourth-order valence-corrected chi connectivity index (χ4v) is 2.38. The lowest BCUT2D eigenvalue weighted by molar-refractivity contribution is -0.114. The van der Waals surface area contributed by atoms with Crippen LogP contribution in [-0.4, -0.2) is 15.7 Å². The van der Waals surface area contributed by atoms with E-state index in [1.807, 2.05) is 30.3 Å². The molecule has 0 saturated heterocycles. The summed E-state index contributed by atoms with van der Waals surface area (Å²) in [7, 11) is 0. The Hall–Kier alpha value is -3.48. The second-order valence-corrected chi connectivity index (χ2v) is 5.47. The summed E-state index contributed by atoms with van der Waals surface area (Å²) in [6, 6.07) is 16.4. The summed E-state index contributed by atoms with van der Waals surface area (Å²) < 4.78 is 1.68. The predicted octanol–water partition coefficient (Wildman–Crippen LogP) is 3.85. The van der Waals surface area contributed by atoms with E-state index in [4.69, 9.17) is 0 Å². The van der Waals surface area contributed by atoms with Crippen LogP contribution in [0.4, 0.5) is 17.1 Å². The molecule has 0 atom stereocenters. The van der Waals surface area contributed by atoms with Crippen molar-refractivity contribution in [1.82, 2.24) is 9.78 Å². The molecule has 3 rings (SSSR count). The monoisotopic (exact) mass is 335 g/mol. The Balaban J connectivity index is 1.86. The Bertz CT molecular complexity index is 969. The Labute approximate surface area is 144 Å². The molecule has 0 saturated carbocycles. The number of nitrogens with zero attached hydrogens (tertiary/aromatic N) is 3. The summed E-state index contributed by atoms with van der Waals surface area (Å²) in [5.41, 5.74) is 2.74.